The average molecular weight is 672 g/mol. The molecule has 6 rings (SSSR count). The summed E-state index contributed by atoms with van der Waals surface area (Å²) >= 11 is 0. The van der Waals surface area contributed by atoms with E-state index in [1.165, 1.54) is 48.5 Å². The molecule has 0 saturated heterocycles. The zero-order chi connectivity index (χ0) is 35.4. The van der Waals surface area contributed by atoms with Gasteiger partial charge in [0.05, 0.1) is 27.4 Å². The van der Waals surface area contributed by atoms with Crippen molar-refractivity contribution in [1.29, 1.82) is 0 Å². The summed E-state index contributed by atoms with van der Waals surface area (Å²) in [4.78, 5) is 78.1. The molecule has 0 aliphatic rings. The SMILES string of the molecule is O=C(Nc1cccc([N+](=O)[O-])c1)C(C(=O)Nc1cccc([N+](=O)[O-])c1)C(C(=O)Nc1ccc2ccccc2c1)c1coc2ccccc2c1=O. The fourth-order valence-corrected chi connectivity index (χ4v) is 5.52. The molecular weight excluding hydrogens is 646 g/mol. The maximum Gasteiger partial charge on any atom is 0.271 e. The van der Waals surface area contributed by atoms with E-state index < -0.39 is 44.8 Å². The monoisotopic (exact) mass is 671 g/mol. The zero-order valence-corrected chi connectivity index (χ0v) is 25.8. The summed E-state index contributed by atoms with van der Waals surface area (Å²) in [5, 5.41) is 32.2. The highest BCUT2D eigenvalue weighted by molar-refractivity contribution is 6.16. The molecule has 0 radical (unpaired) electrons. The minimum absolute atomic E-state index is 0.0726. The number of hydrogen-bond donors (Lipinski definition) is 3. The van der Waals surface area contributed by atoms with Crippen molar-refractivity contribution in [2.75, 3.05) is 16.0 Å². The molecule has 1 unspecified atom stereocenters. The fourth-order valence-electron chi connectivity index (χ4n) is 5.52. The number of rotatable bonds is 10. The first-order valence-corrected chi connectivity index (χ1v) is 15.0. The van der Waals surface area contributed by atoms with Gasteiger partial charge < -0.3 is 20.4 Å². The third-order valence-electron chi connectivity index (χ3n) is 7.89. The van der Waals surface area contributed by atoms with Crippen LogP contribution in [0.2, 0.25) is 0 Å². The summed E-state index contributed by atoms with van der Waals surface area (Å²) < 4.78 is 5.70. The number of fused-ring (bicyclic) bond motifs is 2. The zero-order valence-electron chi connectivity index (χ0n) is 25.8. The van der Waals surface area contributed by atoms with Crippen molar-refractivity contribution in [3.05, 3.63) is 158 Å². The summed E-state index contributed by atoms with van der Waals surface area (Å²) in [5.74, 6) is -7.03. The summed E-state index contributed by atoms with van der Waals surface area (Å²) in [6.45, 7) is 0. The lowest BCUT2D eigenvalue weighted by Gasteiger charge is -2.25. The molecule has 50 heavy (non-hydrogen) atoms. The second-order valence-corrected chi connectivity index (χ2v) is 11.1. The molecule has 1 atom stereocenters. The van der Waals surface area contributed by atoms with E-state index in [2.05, 4.69) is 16.0 Å². The lowest BCUT2D eigenvalue weighted by Crippen LogP contribution is -2.44. The van der Waals surface area contributed by atoms with Crippen LogP contribution in [0.25, 0.3) is 21.7 Å². The molecule has 3 N–H and O–H groups in total. The number of non-ortho nitro benzene ring substituents is 2. The van der Waals surface area contributed by atoms with Crippen LogP contribution >= 0.6 is 0 Å². The Hall–Kier alpha value is -7.22. The van der Waals surface area contributed by atoms with Crippen molar-refractivity contribution < 1.29 is 28.6 Å². The van der Waals surface area contributed by atoms with E-state index in [-0.39, 0.29) is 39.3 Å². The molecule has 248 valence electrons. The molecule has 14 nitrogen and oxygen atoms in total. The molecule has 0 saturated carbocycles. The number of amides is 3. The van der Waals surface area contributed by atoms with E-state index in [9.17, 15) is 39.4 Å². The third kappa shape index (κ3) is 6.89. The standard InChI is InChI=1S/C36H25N5O9/c42-33-28-13-3-4-14-30(28)50-20-29(33)31(34(43)39-25-16-15-21-7-1-2-8-22(21)17-25)32(35(44)37-23-9-5-11-26(18-23)40(46)47)36(45)38-24-10-6-12-27(19-24)41(48)49/h1-20,31-32H,(H,37,44)(H,38,45)(H,39,43). The molecule has 0 spiro atoms. The van der Waals surface area contributed by atoms with E-state index in [1.807, 2.05) is 24.3 Å². The highest BCUT2D eigenvalue weighted by atomic mass is 16.6. The van der Waals surface area contributed by atoms with Crippen molar-refractivity contribution in [3.63, 3.8) is 0 Å². The number of anilines is 3. The van der Waals surface area contributed by atoms with Crippen LogP contribution < -0.4 is 21.4 Å². The summed E-state index contributed by atoms with van der Waals surface area (Å²) in [6, 6.07) is 28.4. The van der Waals surface area contributed by atoms with E-state index in [4.69, 9.17) is 4.42 Å². The van der Waals surface area contributed by atoms with Gasteiger partial charge in [-0.25, -0.2) is 0 Å². The van der Waals surface area contributed by atoms with Gasteiger partial charge in [-0.2, -0.15) is 0 Å². The minimum atomic E-state index is -2.03. The Bertz CT molecular complexity index is 2320. The van der Waals surface area contributed by atoms with E-state index in [1.54, 1.807) is 30.3 Å². The molecule has 1 aromatic heterocycles. The van der Waals surface area contributed by atoms with Gasteiger partial charge in [0.15, 0.2) is 5.43 Å². The Morgan fingerprint density at radius 1 is 0.600 bits per heavy atom. The largest absolute Gasteiger partial charge is 0.464 e. The highest BCUT2D eigenvalue weighted by Gasteiger charge is 2.43. The molecule has 0 aliphatic carbocycles. The van der Waals surface area contributed by atoms with Crippen molar-refractivity contribution in [2.24, 2.45) is 5.92 Å². The van der Waals surface area contributed by atoms with Gasteiger partial charge >= 0.3 is 0 Å². The smallest absolute Gasteiger partial charge is 0.271 e. The molecule has 6 aromatic rings. The van der Waals surface area contributed by atoms with Crippen LogP contribution in [0.5, 0.6) is 0 Å². The number of hydrogen-bond acceptors (Lipinski definition) is 9. The Labute approximate surface area is 281 Å². The molecule has 1 heterocycles. The summed E-state index contributed by atoms with van der Waals surface area (Å²) in [5.41, 5.74) is -1.41. The van der Waals surface area contributed by atoms with Crippen molar-refractivity contribution in [3.8, 4) is 0 Å². The summed E-state index contributed by atoms with van der Waals surface area (Å²) in [6.07, 6.45) is 1.00. The number of benzene rings is 5. The van der Waals surface area contributed by atoms with Crippen molar-refractivity contribution in [2.45, 2.75) is 5.92 Å². The highest BCUT2D eigenvalue weighted by Crippen LogP contribution is 2.31. The number of nitrogens with one attached hydrogen (secondary N) is 3. The Morgan fingerprint density at radius 2 is 1.14 bits per heavy atom. The van der Waals surface area contributed by atoms with E-state index in [0.717, 1.165) is 29.2 Å². The van der Waals surface area contributed by atoms with Gasteiger partial charge in [-0.1, -0.05) is 54.6 Å². The quantitative estimate of drug-likeness (QED) is 0.0838. The van der Waals surface area contributed by atoms with Gasteiger partial charge in [0.1, 0.15) is 11.5 Å². The van der Waals surface area contributed by atoms with Gasteiger partial charge in [-0.3, -0.25) is 39.4 Å². The van der Waals surface area contributed by atoms with Crippen molar-refractivity contribution in [1.82, 2.24) is 0 Å². The number of nitro benzene ring substituents is 2. The van der Waals surface area contributed by atoms with Gasteiger partial charge in [0.25, 0.3) is 11.4 Å². The predicted molar refractivity (Wildman–Crippen MR) is 185 cm³/mol. The summed E-state index contributed by atoms with van der Waals surface area (Å²) in [7, 11) is 0. The van der Waals surface area contributed by atoms with Crippen LogP contribution in [0, 0.1) is 26.1 Å². The van der Waals surface area contributed by atoms with Gasteiger partial charge in [-0.15, -0.1) is 0 Å². The number of carbonyl (C=O) groups is 3. The number of carbonyl (C=O) groups excluding carboxylic acids is 3. The minimum Gasteiger partial charge on any atom is -0.464 e. The number of nitro groups is 2. The number of nitrogens with zero attached hydrogens (tertiary/aromatic N) is 2. The van der Waals surface area contributed by atoms with Crippen LogP contribution in [-0.4, -0.2) is 27.6 Å². The average Bonchev–Trinajstić information content (AvgIpc) is 3.11. The molecule has 14 heteroatoms. The topological polar surface area (TPSA) is 204 Å². The van der Waals surface area contributed by atoms with E-state index in [0.29, 0.717) is 5.69 Å². The van der Waals surface area contributed by atoms with Gasteiger partial charge in [0.2, 0.25) is 17.7 Å². The molecule has 0 aliphatic heterocycles. The lowest BCUT2D eigenvalue weighted by atomic mass is 9.83. The maximum atomic E-state index is 14.3. The first kappa shape index (κ1) is 32.7. The van der Waals surface area contributed by atoms with Gasteiger partial charge in [0, 0.05) is 46.9 Å². The molecular formula is C36H25N5O9. The predicted octanol–water partition coefficient (Wildman–Crippen LogP) is 6.38. The number of para-hydroxylation sites is 1. The normalized spacial score (nSPS) is 11.5. The van der Waals surface area contributed by atoms with Gasteiger partial charge in [-0.05, 0) is 47.2 Å². The lowest BCUT2D eigenvalue weighted by molar-refractivity contribution is -0.385. The first-order chi connectivity index (χ1) is 24.1. The first-order valence-electron chi connectivity index (χ1n) is 15.0. The second-order valence-electron chi connectivity index (χ2n) is 11.1. The van der Waals surface area contributed by atoms with Crippen LogP contribution in [0.15, 0.2) is 131 Å². The molecule has 0 bridgehead atoms. The second kappa shape index (κ2) is 13.9. The molecule has 0 fully saturated rings. The Balaban J connectivity index is 1.48. The Kier molecular flexibility index (Phi) is 9.07. The van der Waals surface area contributed by atoms with Crippen LogP contribution in [0.4, 0.5) is 28.4 Å². The third-order valence-corrected chi connectivity index (χ3v) is 7.89. The van der Waals surface area contributed by atoms with Crippen LogP contribution in [-0.2, 0) is 14.4 Å². The van der Waals surface area contributed by atoms with Crippen LogP contribution in [0.3, 0.4) is 0 Å². The van der Waals surface area contributed by atoms with Crippen LogP contribution in [0.1, 0.15) is 11.5 Å². The van der Waals surface area contributed by atoms with Crippen molar-refractivity contribution >= 4 is 67.9 Å². The fraction of sp³-hybridized carbons (Fsp3) is 0.0556. The maximum absolute atomic E-state index is 14.3. The Morgan fingerprint density at radius 3 is 1.76 bits per heavy atom. The molecule has 5 aromatic carbocycles. The van der Waals surface area contributed by atoms with E-state index >= 15 is 0 Å². The molecule has 3 amide bonds.